The van der Waals surface area contributed by atoms with Gasteiger partial charge in [-0.05, 0) is 79.8 Å². The van der Waals surface area contributed by atoms with Crippen molar-refractivity contribution in [2.24, 2.45) is 5.73 Å². The minimum Gasteiger partial charge on any atom is -0.491 e. The number of rotatable bonds is 8. The molecule has 0 aliphatic rings. The van der Waals surface area contributed by atoms with E-state index in [2.05, 4.69) is 0 Å². The molecule has 6 nitrogen and oxygen atoms in total. The molecule has 0 unspecified atom stereocenters. The van der Waals surface area contributed by atoms with Crippen LogP contribution in [-0.2, 0) is 6.42 Å². The second-order valence-corrected chi connectivity index (χ2v) is 8.85. The van der Waals surface area contributed by atoms with Gasteiger partial charge >= 0.3 is 0 Å². The van der Waals surface area contributed by atoms with Crippen LogP contribution in [0.4, 0.5) is 0 Å². The molecule has 33 heavy (non-hydrogen) atoms. The number of ether oxygens (including phenoxy) is 1. The quantitative estimate of drug-likeness (QED) is 0.352. The summed E-state index contributed by atoms with van der Waals surface area (Å²) in [4.78, 5) is 13.2. The predicted octanol–water partition coefficient (Wildman–Crippen LogP) is 4.02. The Hall–Kier alpha value is -3.19. The molecule has 0 atom stereocenters. The van der Waals surface area contributed by atoms with Crippen molar-refractivity contribution in [2.45, 2.75) is 38.3 Å². The minimum absolute atomic E-state index is 0.0830. The maximum Gasteiger partial charge on any atom is 0.200 e. The fourth-order valence-electron chi connectivity index (χ4n) is 3.86. The molecule has 1 heterocycles. The van der Waals surface area contributed by atoms with Gasteiger partial charge in [0, 0.05) is 0 Å². The van der Waals surface area contributed by atoms with Gasteiger partial charge in [-0.15, -0.1) is 0 Å². The summed E-state index contributed by atoms with van der Waals surface area (Å²) >= 11 is 0. The van der Waals surface area contributed by atoms with Gasteiger partial charge in [0.25, 0.3) is 0 Å². The Kier molecular flexibility index (Phi) is 6.51. The summed E-state index contributed by atoms with van der Waals surface area (Å²) < 4.78 is 11.9. The Morgan fingerprint density at radius 1 is 0.939 bits per heavy atom. The van der Waals surface area contributed by atoms with Crippen molar-refractivity contribution in [2.75, 3.05) is 13.2 Å². The molecule has 172 valence electrons. The third-order valence-electron chi connectivity index (χ3n) is 5.82. The van der Waals surface area contributed by atoms with Crippen LogP contribution in [-0.4, -0.2) is 35.1 Å². The van der Waals surface area contributed by atoms with Crippen LogP contribution in [0.1, 0.15) is 25.8 Å². The zero-order chi connectivity index (χ0) is 23.6. The van der Waals surface area contributed by atoms with Crippen molar-refractivity contribution >= 4 is 21.9 Å². The fourth-order valence-corrected chi connectivity index (χ4v) is 3.86. The van der Waals surface area contributed by atoms with E-state index in [9.17, 15) is 15.0 Å². The van der Waals surface area contributed by atoms with Gasteiger partial charge in [-0.3, -0.25) is 4.79 Å². The summed E-state index contributed by atoms with van der Waals surface area (Å²) in [6.45, 7) is 3.36. The summed E-state index contributed by atoms with van der Waals surface area (Å²) in [5.74, 6) is 0.791. The average molecular weight is 448 g/mol. The lowest BCUT2D eigenvalue weighted by molar-refractivity contribution is 0.115. The minimum atomic E-state index is -1.04. The van der Waals surface area contributed by atoms with Crippen molar-refractivity contribution in [3.8, 4) is 16.9 Å². The number of hydrogen-bond donors (Lipinski definition) is 3. The first-order valence-electron chi connectivity index (χ1n) is 11.1. The van der Waals surface area contributed by atoms with Gasteiger partial charge in [0.2, 0.25) is 5.43 Å². The van der Waals surface area contributed by atoms with Crippen LogP contribution < -0.4 is 15.9 Å². The van der Waals surface area contributed by atoms with Crippen LogP contribution in [0.15, 0.2) is 69.9 Å². The normalized spacial score (nSPS) is 12.1. The van der Waals surface area contributed by atoms with Crippen molar-refractivity contribution in [1.29, 1.82) is 0 Å². The van der Waals surface area contributed by atoms with E-state index < -0.39 is 5.54 Å². The maximum atomic E-state index is 13.2. The first kappa shape index (κ1) is 23.0. The number of aryl methyl sites for hydroxylation is 1. The highest BCUT2D eigenvalue weighted by atomic mass is 16.5. The molecular weight excluding hydrogens is 418 g/mol. The summed E-state index contributed by atoms with van der Waals surface area (Å²) in [7, 11) is 0. The van der Waals surface area contributed by atoms with Crippen molar-refractivity contribution in [3.05, 3.63) is 76.5 Å². The molecule has 0 saturated carbocycles. The molecule has 4 rings (SSSR count). The highest BCUT2D eigenvalue weighted by Gasteiger charge is 2.22. The first-order chi connectivity index (χ1) is 15.8. The van der Waals surface area contributed by atoms with E-state index in [-0.39, 0.29) is 24.7 Å². The zero-order valence-corrected chi connectivity index (χ0v) is 18.9. The highest BCUT2D eigenvalue weighted by molar-refractivity contribution is 5.92. The molecule has 6 heteroatoms. The Bertz CT molecular complexity index is 1340. The second kappa shape index (κ2) is 9.35. The van der Waals surface area contributed by atoms with Gasteiger partial charge in [-0.25, -0.2) is 0 Å². The van der Waals surface area contributed by atoms with Gasteiger partial charge in [0.15, 0.2) is 0 Å². The molecule has 0 aliphatic heterocycles. The van der Waals surface area contributed by atoms with Crippen molar-refractivity contribution in [3.63, 3.8) is 0 Å². The molecule has 0 spiro atoms. The molecule has 0 aliphatic carbocycles. The van der Waals surface area contributed by atoms with Crippen LogP contribution in [0.2, 0.25) is 0 Å². The molecule has 0 bridgehead atoms. The monoisotopic (exact) mass is 447 g/mol. The van der Waals surface area contributed by atoms with E-state index in [1.807, 2.05) is 56.3 Å². The molecule has 0 radical (unpaired) electrons. The Balaban J connectivity index is 1.70. The maximum absolute atomic E-state index is 13.2. The molecule has 4 aromatic rings. The predicted molar refractivity (Wildman–Crippen MR) is 131 cm³/mol. The van der Waals surface area contributed by atoms with Crippen LogP contribution in [0.5, 0.6) is 5.75 Å². The molecular formula is C27H29NO5. The number of hydrogen-bond acceptors (Lipinski definition) is 6. The third kappa shape index (κ3) is 4.93. The van der Waals surface area contributed by atoms with E-state index in [4.69, 9.17) is 14.9 Å². The summed E-state index contributed by atoms with van der Waals surface area (Å²) in [6.07, 6.45) is 1.01. The molecule has 0 amide bonds. The average Bonchev–Trinajstić information content (AvgIpc) is 2.82. The number of fused-ring (bicyclic) bond motifs is 2. The van der Waals surface area contributed by atoms with Gasteiger partial charge < -0.3 is 25.1 Å². The summed E-state index contributed by atoms with van der Waals surface area (Å²) in [6, 6.07) is 18.9. The summed E-state index contributed by atoms with van der Waals surface area (Å²) in [5.41, 5.74) is 8.66. The van der Waals surface area contributed by atoms with Gasteiger partial charge in [0.05, 0.1) is 35.6 Å². The van der Waals surface area contributed by atoms with Crippen LogP contribution in [0.3, 0.4) is 0 Å². The van der Waals surface area contributed by atoms with Crippen LogP contribution in [0.25, 0.3) is 33.1 Å². The number of aliphatic hydroxyl groups is 2. The number of aliphatic hydroxyl groups excluding tert-OH is 2. The second-order valence-electron chi connectivity index (χ2n) is 8.85. The third-order valence-corrected chi connectivity index (χ3v) is 5.82. The SMILES string of the molecule is CC(C)Oc1cccc(-c2ccc3c(=O)c4cc(CCC(N)(CO)CO)ccc4oc3c2)c1. The largest absolute Gasteiger partial charge is 0.491 e. The lowest BCUT2D eigenvalue weighted by Crippen LogP contribution is -2.47. The molecule has 0 saturated heterocycles. The van der Waals surface area contributed by atoms with Crippen molar-refractivity contribution in [1.82, 2.24) is 0 Å². The van der Waals surface area contributed by atoms with Crippen LogP contribution >= 0.6 is 0 Å². The smallest absolute Gasteiger partial charge is 0.200 e. The number of nitrogens with two attached hydrogens (primary N) is 1. The lowest BCUT2D eigenvalue weighted by Gasteiger charge is -2.24. The Morgan fingerprint density at radius 2 is 1.70 bits per heavy atom. The standard InChI is InChI=1S/C27H29NO5/c1-17(2)32-21-5-3-4-19(13-21)20-7-8-22-25(14-20)33-24-9-6-18(12-23(24)26(22)31)10-11-27(28,15-29)16-30/h3-9,12-14,17,29-30H,10-11,15-16,28H2,1-2H3. The van der Waals surface area contributed by atoms with E-state index in [1.54, 1.807) is 18.2 Å². The van der Waals surface area contributed by atoms with Gasteiger partial charge in [-0.1, -0.05) is 24.3 Å². The van der Waals surface area contributed by atoms with E-state index in [1.165, 1.54) is 0 Å². The lowest BCUT2D eigenvalue weighted by atomic mass is 9.93. The fraction of sp³-hybridized carbons (Fsp3) is 0.296. The Morgan fingerprint density at radius 3 is 2.42 bits per heavy atom. The van der Waals surface area contributed by atoms with Crippen molar-refractivity contribution < 1.29 is 19.4 Å². The zero-order valence-electron chi connectivity index (χ0n) is 18.9. The molecule has 4 N–H and O–H groups in total. The van der Waals surface area contributed by atoms with Crippen LogP contribution in [0, 0.1) is 0 Å². The van der Waals surface area contributed by atoms with E-state index in [0.717, 1.165) is 22.4 Å². The van der Waals surface area contributed by atoms with Gasteiger partial charge in [0.1, 0.15) is 16.9 Å². The topological polar surface area (TPSA) is 106 Å². The molecule has 3 aromatic carbocycles. The summed E-state index contributed by atoms with van der Waals surface area (Å²) in [5, 5.41) is 19.8. The van der Waals surface area contributed by atoms with Gasteiger partial charge in [-0.2, -0.15) is 0 Å². The first-order valence-corrected chi connectivity index (χ1v) is 11.1. The van der Waals surface area contributed by atoms with E-state index >= 15 is 0 Å². The molecule has 0 fully saturated rings. The highest BCUT2D eigenvalue weighted by Crippen LogP contribution is 2.28. The Labute approximate surface area is 192 Å². The van der Waals surface area contributed by atoms with E-state index in [0.29, 0.717) is 34.8 Å². The number of benzene rings is 3. The molecule has 1 aromatic heterocycles.